The summed E-state index contributed by atoms with van der Waals surface area (Å²) < 4.78 is 9.88. The minimum atomic E-state index is 0.00205. The highest BCUT2D eigenvalue weighted by molar-refractivity contribution is 5.78. The second-order valence-electron chi connectivity index (χ2n) is 3.37. The van der Waals surface area contributed by atoms with Crippen LogP contribution in [0.15, 0.2) is 24.3 Å². The molecule has 0 aliphatic carbocycles. The summed E-state index contributed by atoms with van der Waals surface area (Å²) in [5, 5.41) is 2.77. The molecule has 1 amide bonds. The summed E-state index contributed by atoms with van der Waals surface area (Å²) in [4.78, 5) is 11.4. The Morgan fingerprint density at radius 1 is 1.25 bits per heavy atom. The molecule has 0 bridgehead atoms. The molecule has 0 fully saturated rings. The number of benzene rings is 1. The van der Waals surface area contributed by atoms with Crippen LogP contribution in [0, 0.1) is 0 Å². The number of rotatable bonds is 6. The zero-order chi connectivity index (χ0) is 11.8. The van der Waals surface area contributed by atoms with Crippen molar-refractivity contribution in [3.63, 3.8) is 0 Å². The molecule has 1 N–H and O–H groups in total. The quantitative estimate of drug-likeness (QED) is 0.732. The highest BCUT2D eigenvalue weighted by Gasteiger charge is 2.02. The Morgan fingerprint density at radius 2 is 1.94 bits per heavy atom. The van der Waals surface area contributed by atoms with Crippen molar-refractivity contribution in [3.05, 3.63) is 29.8 Å². The average molecular weight is 223 g/mol. The first-order valence-corrected chi connectivity index (χ1v) is 5.15. The molecule has 0 unspecified atom stereocenters. The van der Waals surface area contributed by atoms with Gasteiger partial charge in [0.2, 0.25) is 5.91 Å². The summed E-state index contributed by atoms with van der Waals surface area (Å²) in [5.41, 5.74) is 0.968. The van der Waals surface area contributed by atoms with Crippen LogP contribution in [0.2, 0.25) is 0 Å². The molecule has 1 aromatic rings. The molecular weight excluding hydrogens is 206 g/mol. The molecule has 0 atom stereocenters. The molecule has 0 saturated heterocycles. The fourth-order valence-corrected chi connectivity index (χ4v) is 1.28. The van der Waals surface area contributed by atoms with Gasteiger partial charge in [0.05, 0.1) is 20.1 Å². The zero-order valence-electron chi connectivity index (χ0n) is 9.66. The number of carbonyl (C=O) groups is 1. The molecule has 0 aliphatic rings. The smallest absolute Gasteiger partial charge is 0.224 e. The van der Waals surface area contributed by atoms with E-state index in [1.807, 2.05) is 24.3 Å². The van der Waals surface area contributed by atoms with Crippen LogP contribution in [-0.4, -0.2) is 33.3 Å². The van der Waals surface area contributed by atoms with Gasteiger partial charge in [-0.15, -0.1) is 0 Å². The second-order valence-corrected chi connectivity index (χ2v) is 3.37. The molecule has 0 heterocycles. The van der Waals surface area contributed by atoms with Gasteiger partial charge in [-0.05, 0) is 17.7 Å². The Hall–Kier alpha value is -1.55. The minimum Gasteiger partial charge on any atom is -0.497 e. The van der Waals surface area contributed by atoms with E-state index < -0.39 is 0 Å². The van der Waals surface area contributed by atoms with E-state index in [0.717, 1.165) is 11.3 Å². The number of hydrogen-bond donors (Lipinski definition) is 1. The van der Waals surface area contributed by atoms with Crippen molar-refractivity contribution in [2.24, 2.45) is 0 Å². The predicted molar refractivity (Wildman–Crippen MR) is 61.6 cm³/mol. The maximum Gasteiger partial charge on any atom is 0.224 e. The minimum absolute atomic E-state index is 0.00205. The number of hydrogen-bond acceptors (Lipinski definition) is 3. The molecule has 0 saturated carbocycles. The monoisotopic (exact) mass is 223 g/mol. The van der Waals surface area contributed by atoms with Crippen LogP contribution in [0.25, 0.3) is 0 Å². The molecule has 88 valence electrons. The molecule has 0 aromatic heterocycles. The largest absolute Gasteiger partial charge is 0.497 e. The van der Waals surface area contributed by atoms with Crippen LogP contribution in [0.3, 0.4) is 0 Å². The van der Waals surface area contributed by atoms with E-state index in [1.165, 1.54) is 0 Å². The van der Waals surface area contributed by atoms with Crippen molar-refractivity contribution in [2.75, 3.05) is 27.4 Å². The van der Waals surface area contributed by atoms with Crippen LogP contribution < -0.4 is 10.1 Å². The Morgan fingerprint density at radius 3 is 2.50 bits per heavy atom. The summed E-state index contributed by atoms with van der Waals surface area (Å²) in [7, 11) is 3.22. The normalized spacial score (nSPS) is 9.88. The lowest BCUT2D eigenvalue weighted by Crippen LogP contribution is -2.28. The van der Waals surface area contributed by atoms with Crippen molar-refractivity contribution in [3.8, 4) is 5.75 Å². The first-order chi connectivity index (χ1) is 7.76. The van der Waals surface area contributed by atoms with Crippen LogP contribution in [-0.2, 0) is 16.0 Å². The molecule has 1 rings (SSSR count). The van der Waals surface area contributed by atoms with Crippen LogP contribution in [0.1, 0.15) is 5.56 Å². The third-order valence-corrected chi connectivity index (χ3v) is 2.15. The third-order valence-electron chi connectivity index (χ3n) is 2.15. The van der Waals surface area contributed by atoms with Gasteiger partial charge in [0.1, 0.15) is 5.75 Å². The van der Waals surface area contributed by atoms with Crippen LogP contribution in [0.5, 0.6) is 5.75 Å². The van der Waals surface area contributed by atoms with Gasteiger partial charge in [-0.3, -0.25) is 4.79 Å². The number of ether oxygens (including phenoxy) is 2. The van der Waals surface area contributed by atoms with E-state index in [0.29, 0.717) is 19.6 Å². The van der Waals surface area contributed by atoms with Gasteiger partial charge in [-0.1, -0.05) is 12.1 Å². The predicted octanol–water partition coefficient (Wildman–Crippen LogP) is 1.00. The van der Waals surface area contributed by atoms with Gasteiger partial charge in [0.15, 0.2) is 0 Å². The topological polar surface area (TPSA) is 47.6 Å². The van der Waals surface area contributed by atoms with Gasteiger partial charge in [0.25, 0.3) is 0 Å². The lowest BCUT2D eigenvalue weighted by Gasteiger charge is -2.05. The first-order valence-electron chi connectivity index (χ1n) is 5.15. The third kappa shape index (κ3) is 4.31. The van der Waals surface area contributed by atoms with E-state index >= 15 is 0 Å². The van der Waals surface area contributed by atoms with Crippen LogP contribution in [0.4, 0.5) is 0 Å². The lowest BCUT2D eigenvalue weighted by molar-refractivity contribution is -0.120. The van der Waals surface area contributed by atoms with Crippen LogP contribution >= 0.6 is 0 Å². The molecule has 1 aromatic carbocycles. The van der Waals surface area contributed by atoms with E-state index in [-0.39, 0.29) is 5.91 Å². The number of carbonyl (C=O) groups excluding carboxylic acids is 1. The highest BCUT2D eigenvalue weighted by Crippen LogP contribution is 2.11. The summed E-state index contributed by atoms with van der Waals surface area (Å²) in [6.07, 6.45) is 0.383. The fourth-order valence-electron chi connectivity index (χ4n) is 1.28. The Kier molecular flexibility index (Phi) is 5.36. The van der Waals surface area contributed by atoms with E-state index in [1.54, 1.807) is 14.2 Å². The highest BCUT2D eigenvalue weighted by atomic mass is 16.5. The Labute approximate surface area is 95.6 Å². The standard InChI is InChI=1S/C12H17NO3/c1-15-8-7-13-12(14)9-10-3-5-11(16-2)6-4-10/h3-6H,7-9H2,1-2H3,(H,13,14). The molecule has 16 heavy (non-hydrogen) atoms. The maximum atomic E-state index is 11.4. The van der Waals surface area contributed by atoms with Crippen molar-refractivity contribution in [1.82, 2.24) is 5.32 Å². The molecule has 0 radical (unpaired) electrons. The van der Waals surface area contributed by atoms with Crippen molar-refractivity contribution >= 4 is 5.91 Å². The molecule has 4 nitrogen and oxygen atoms in total. The van der Waals surface area contributed by atoms with Gasteiger partial charge >= 0.3 is 0 Å². The van der Waals surface area contributed by atoms with Crippen molar-refractivity contribution < 1.29 is 14.3 Å². The molecule has 4 heteroatoms. The number of amides is 1. The van der Waals surface area contributed by atoms with Gasteiger partial charge in [-0.25, -0.2) is 0 Å². The maximum absolute atomic E-state index is 11.4. The molecular formula is C12H17NO3. The zero-order valence-corrected chi connectivity index (χ0v) is 9.66. The summed E-state index contributed by atoms with van der Waals surface area (Å²) in [6, 6.07) is 7.46. The lowest BCUT2D eigenvalue weighted by atomic mass is 10.1. The second kappa shape index (κ2) is 6.85. The average Bonchev–Trinajstić information content (AvgIpc) is 2.30. The van der Waals surface area contributed by atoms with Gasteiger partial charge in [0, 0.05) is 13.7 Å². The molecule has 0 spiro atoms. The Bertz CT molecular complexity index is 322. The number of nitrogens with one attached hydrogen (secondary N) is 1. The number of methoxy groups -OCH3 is 2. The SMILES string of the molecule is COCCNC(=O)Cc1ccc(OC)cc1. The summed E-state index contributed by atoms with van der Waals surface area (Å²) in [5.74, 6) is 0.797. The van der Waals surface area contributed by atoms with Gasteiger partial charge in [-0.2, -0.15) is 0 Å². The van der Waals surface area contributed by atoms with E-state index in [2.05, 4.69) is 5.32 Å². The summed E-state index contributed by atoms with van der Waals surface area (Å²) >= 11 is 0. The molecule has 0 aliphatic heterocycles. The van der Waals surface area contributed by atoms with E-state index in [4.69, 9.17) is 9.47 Å². The van der Waals surface area contributed by atoms with Crippen molar-refractivity contribution in [1.29, 1.82) is 0 Å². The van der Waals surface area contributed by atoms with Gasteiger partial charge < -0.3 is 14.8 Å². The Balaban J connectivity index is 2.37. The fraction of sp³-hybridized carbons (Fsp3) is 0.417. The van der Waals surface area contributed by atoms with E-state index in [9.17, 15) is 4.79 Å². The van der Waals surface area contributed by atoms with Crippen molar-refractivity contribution in [2.45, 2.75) is 6.42 Å². The first kappa shape index (κ1) is 12.5. The summed E-state index contributed by atoms with van der Waals surface area (Å²) in [6.45, 7) is 1.08.